The van der Waals surface area contributed by atoms with Gasteiger partial charge in [-0.1, -0.05) is 30.3 Å². The number of sulfonamides is 1. The normalized spacial score (nSPS) is 23.1. The molecule has 178 valence electrons. The second-order valence-corrected chi connectivity index (χ2v) is 10.8. The number of alkyl halides is 1. The number of nitrogens with one attached hydrogen (secondary N) is 1. The van der Waals surface area contributed by atoms with E-state index in [-0.39, 0.29) is 24.1 Å². The van der Waals surface area contributed by atoms with Gasteiger partial charge >= 0.3 is 6.03 Å². The number of urea groups is 1. The molecule has 0 aromatic heterocycles. The minimum Gasteiger partial charge on any atom is -0.331 e. The van der Waals surface area contributed by atoms with Crippen LogP contribution in [-0.2, 0) is 16.4 Å². The number of amides is 2. The highest BCUT2D eigenvalue weighted by molar-refractivity contribution is 7.90. The lowest BCUT2D eigenvalue weighted by Gasteiger charge is -2.30. The molecule has 1 saturated heterocycles. The van der Waals surface area contributed by atoms with E-state index in [4.69, 9.17) is 0 Å². The summed E-state index contributed by atoms with van der Waals surface area (Å²) in [6, 6.07) is 7.52. The second-order valence-electron chi connectivity index (χ2n) is 8.79. The summed E-state index contributed by atoms with van der Waals surface area (Å²) in [4.78, 5) is 15.3. The van der Waals surface area contributed by atoms with Gasteiger partial charge in [0.1, 0.15) is 17.8 Å². The lowest BCUT2D eigenvalue weighted by atomic mass is 9.95. The Kier molecular flexibility index (Phi) is 6.41. The van der Waals surface area contributed by atoms with Crippen molar-refractivity contribution in [2.75, 3.05) is 20.6 Å². The topological polar surface area (TPSA) is 69.7 Å². The van der Waals surface area contributed by atoms with Crippen LogP contribution in [0.2, 0.25) is 0 Å². The highest BCUT2D eigenvalue weighted by Gasteiger charge is 2.48. The fraction of sp³-hybridized carbons (Fsp3) is 0.435. The molecule has 0 radical (unpaired) electrons. The molecule has 10 heteroatoms. The molecule has 0 unspecified atom stereocenters. The number of hydrogen-bond donors (Lipinski definition) is 1. The number of hydrogen-bond acceptors (Lipinski definition) is 3. The molecule has 2 aliphatic rings. The van der Waals surface area contributed by atoms with Crippen LogP contribution in [0.3, 0.4) is 0 Å². The third kappa shape index (κ3) is 4.86. The standard InChI is InChI=1S/C23H26F3N3O3S/c1-28(2)23(30)29-13-19(25)22(27-33(31,32)17-9-10-17)20(29)12-15-6-4-8-18(21(15)26)14-5-3-7-16(24)11-14/h3-8,11,17,19-20,22,27H,9-10,12-13H2,1-2H3/t19-,20-,22-/m0/s1. The van der Waals surface area contributed by atoms with E-state index in [1.807, 2.05) is 0 Å². The van der Waals surface area contributed by atoms with Gasteiger partial charge in [-0.3, -0.25) is 0 Å². The van der Waals surface area contributed by atoms with Crippen molar-refractivity contribution >= 4 is 16.1 Å². The van der Waals surface area contributed by atoms with E-state index >= 15 is 8.78 Å². The summed E-state index contributed by atoms with van der Waals surface area (Å²) in [6.07, 6.45) is -0.725. The zero-order chi connectivity index (χ0) is 23.9. The van der Waals surface area contributed by atoms with Crippen molar-refractivity contribution in [3.05, 3.63) is 59.7 Å². The van der Waals surface area contributed by atoms with E-state index in [2.05, 4.69) is 4.72 Å². The molecule has 2 amide bonds. The van der Waals surface area contributed by atoms with Gasteiger partial charge in [0.2, 0.25) is 10.0 Å². The molecule has 0 bridgehead atoms. The van der Waals surface area contributed by atoms with E-state index in [0.717, 1.165) is 0 Å². The van der Waals surface area contributed by atoms with Gasteiger partial charge in [-0.05, 0) is 42.5 Å². The molecule has 4 rings (SSSR count). The lowest BCUT2D eigenvalue weighted by molar-refractivity contribution is 0.161. The maximum atomic E-state index is 15.5. The smallest absolute Gasteiger partial charge is 0.319 e. The first-order chi connectivity index (χ1) is 15.6. The summed E-state index contributed by atoms with van der Waals surface area (Å²) < 4.78 is 71.7. The van der Waals surface area contributed by atoms with Gasteiger partial charge in [0, 0.05) is 19.7 Å². The molecule has 1 N–H and O–H groups in total. The maximum absolute atomic E-state index is 15.5. The number of carbonyl (C=O) groups is 1. The van der Waals surface area contributed by atoms with Crippen molar-refractivity contribution in [3.8, 4) is 11.1 Å². The third-order valence-electron chi connectivity index (χ3n) is 6.11. The quantitative estimate of drug-likeness (QED) is 0.688. The molecule has 2 aromatic carbocycles. The van der Waals surface area contributed by atoms with Crippen LogP contribution in [0, 0.1) is 11.6 Å². The Morgan fingerprint density at radius 1 is 1.15 bits per heavy atom. The fourth-order valence-corrected chi connectivity index (χ4v) is 5.88. The highest BCUT2D eigenvalue weighted by Crippen LogP contribution is 2.33. The monoisotopic (exact) mass is 481 g/mol. The van der Waals surface area contributed by atoms with Crippen molar-refractivity contribution in [3.63, 3.8) is 0 Å². The molecule has 1 aliphatic carbocycles. The average Bonchev–Trinajstić information content (AvgIpc) is 3.57. The lowest BCUT2D eigenvalue weighted by Crippen LogP contribution is -2.52. The van der Waals surface area contributed by atoms with E-state index in [1.165, 1.54) is 54.2 Å². The Morgan fingerprint density at radius 2 is 1.85 bits per heavy atom. The van der Waals surface area contributed by atoms with Crippen LogP contribution in [0.25, 0.3) is 11.1 Å². The first-order valence-corrected chi connectivity index (χ1v) is 12.3. The number of rotatable bonds is 6. The molecule has 3 atom stereocenters. The Morgan fingerprint density at radius 3 is 2.48 bits per heavy atom. The Balaban J connectivity index is 1.68. The second kappa shape index (κ2) is 8.98. The zero-order valence-electron chi connectivity index (χ0n) is 18.3. The van der Waals surface area contributed by atoms with Crippen LogP contribution in [0.15, 0.2) is 42.5 Å². The SMILES string of the molecule is CN(C)C(=O)N1C[C@H](F)[C@H](NS(=O)(=O)C2CC2)[C@@H]1Cc1cccc(-c2cccc(F)c2)c1F. The van der Waals surface area contributed by atoms with Crippen LogP contribution >= 0.6 is 0 Å². The average molecular weight is 482 g/mol. The summed E-state index contributed by atoms with van der Waals surface area (Å²) in [7, 11) is -0.714. The molecule has 6 nitrogen and oxygen atoms in total. The number of likely N-dealkylation sites (tertiary alicyclic amines) is 1. The first-order valence-electron chi connectivity index (χ1n) is 10.7. The van der Waals surface area contributed by atoms with Crippen molar-refractivity contribution in [2.24, 2.45) is 0 Å². The Bertz CT molecular complexity index is 1150. The summed E-state index contributed by atoms with van der Waals surface area (Å²) in [5.74, 6) is -1.13. The number of carbonyl (C=O) groups excluding carboxylic acids is 1. The van der Waals surface area contributed by atoms with Gasteiger partial charge in [0.25, 0.3) is 0 Å². The Hall–Kier alpha value is -2.59. The highest BCUT2D eigenvalue weighted by atomic mass is 32.2. The van der Waals surface area contributed by atoms with E-state index in [1.54, 1.807) is 12.1 Å². The van der Waals surface area contributed by atoms with Crippen molar-refractivity contribution in [2.45, 2.75) is 42.8 Å². The summed E-state index contributed by atoms with van der Waals surface area (Å²) in [5, 5.41) is -0.558. The molecule has 33 heavy (non-hydrogen) atoms. The molecule has 1 heterocycles. The largest absolute Gasteiger partial charge is 0.331 e. The van der Waals surface area contributed by atoms with Gasteiger partial charge < -0.3 is 9.80 Å². The fourth-order valence-electron chi connectivity index (χ4n) is 4.24. The molecule has 1 saturated carbocycles. The minimum absolute atomic E-state index is 0.104. The molecule has 2 fully saturated rings. The summed E-state index contributed by atoms with van der Waals surface area (Å²) >= 11 is 0. The number of benzene rings is 2. The zero-order valence-corrected chi connectivity index (χ0v) is 19.2. The van der Waals surface area contributed by atoms with Crippen LogP contribution in [0.4, 0.5) is 18.0 Å². The van der Waals surface area contributed by atoms with Crippen LogP contribution in [-0.4, -0.2) is 68.4 Å². The number of halogens is 3. The first kappa shape index (κ1) is 23.6. The number of nitrogens with zero attached hydrogens (tertiary/aromatic N) is 2. The van der Waals surface area contributed by atoms with Crippen molar-refractivity contribution in [1.29, 1.82) is 0 Å². The van der Waals surface area contributed by atoms with E-state index < -0.39 is 51.2 Å². The van der Waals surface area contributed by atoms with Gasteiger partial charge in [0.15, 0.2) is 0 Å². The molecule has 1 aliphatic heterocycles. The third-order valence-corrected chi connectivity index (χ3v) is 8.06. The maximum Gasteiger partial charge on any atom is 0.319 e. The predicted octanol–water partition coefficient (Wildman–Crippen LogP) is 3.33. The molecular formula is C23H26F3N3O3S. The van der Waals surface area contributed by atoms with Gasteiger partial charge in [0.05, 0.1) is 23.9 Å². The van der Waals surface area contributed by atoms with Crippen LogP contribution < -0.4 is 4.72 Å². The van der Waals surface area contributed by atoms with Gasteiger partial charge in [-0.2, -0.15) is 0 Å². The Labute approximate surface area is 191 Å². The van der Waals surface area contributed by atoms with Crippen LogP contribution in [0.1, 0.15) is 18.4 Å². The van der Waals surface area contributed by atoms with E-state index in [0.29, 0.717) is 18.4 Å². The van der Waals surface area contributed by atoms with Crippen molar-refractivity contribution < 1.29 is 26.4 Å². The van der Waals surface area contributed by atoms with Crippen LogP contribution in [0.5, 0.6) is 0 Å². The molecule has 2 aromatic rings. The molecule has 0 spiro atoms. The van der Waals surface area contributed by atoms with Crippen molar-refractivity contribution in [1.82, 2.24) is 14.5 Å². The van der Waals surface area contributed by atoms with E-state index in [9.17, 15) is 17.6 Å². The summed E-state index contributed by atoms with van der Waals surface area (Å²) in [6.45, 7) is -0.301. The summed E-state index contributed by atoms with van der Waals surface area (Å²) in [5.41, 5.74) is 0.696. The molecular weight excluding hydrogens is 455 g/mol. The minimum atomic E-state index is -3.74. The van der Waals surface area contributed by atoms with Gasteiger partial charge in [-0.15, -0.1) is 0 Å². The van der Waals surface area contributed by atoms with Gasteiger partial charge in [-0.25, -0.2) is 31.1 Å². The predicted molar refractivity (Wildman–Crippen MR) is 119 cm³/mol.